The highest BCUT2D eigenvalue weighted by atomic mass is 16.5. The van der Waals surface area contributed by atoms with Crippen molar-refractivity contribution >= 4 is 11.9 Å². The van der Waals surface area contributed by atoms with Gasteiger partial charge in [-0.25, -0.2) is 9.59 Å². The number of aliphatic hydroxyl groups excluding tert-OH is 1. The molecule has 0 radical (unpaired) electrons. The van der Waals surface area contributed by atoms with Crippen molar-refractivity contribution in [1.82, 2.24) is 0 Å². The lowest BCUT2D eigenvalue weighted by Crippen LogP contribution is -2.04. The number of hydrogen-bond acceptors (Lipinski definition) is 5. The first kappa shape index (κ1) is 24.8. The minimum Gasteiger partial charge on any atom is -0.462 e. The number of hydrogen-bond donors (Lipinski definition) is 1. The van der Waals surface area contributed by atoms with Crippen LogP contribution in [0.15, 0.2) is 55.1 Å². The van der Waals surface area contributed by atoms with Crippen LogP contribution in [0, 0.1) is 0 Å². The Labute approximate surface area is 151 Å². The standard InChI is InChI=1S/C8H10.C7H12O2.C5H8O3/c1-2-8-6-4-3-5-7-8;1-4-5-9-7(8)6(2)3;1-2-5(7)8-4-3-6/h3-7H,2H2,1H3;2,4-5H2,1,3H3;2,6H,1,3-4H2. The van der Waals surface area contributed by atoms with Crippen LogP contribution in [0.1, 0.15) is 32.8 Å². The van der Waals surface area contributed by atoms with E-state index < -0.39 is 5.97 Å². The first-order valence-electron chi connectivity index (χ1n) is 8.19. The molecular weight excluding hydrogens is 320 g/mol. The summed E-state index contributed by atoms with van der Waals surface area (Å²) in [6.45, 7) is 12.7. The van der Waals surface area contributed by atoms with Crippen molar-refractivity contribution in [3.8, 4) is 0 Å². The second kappa shape index (κ2) is 17.9. The van der Waals surface area contributed by atoms with E-state index in [1.165, 1.54) is 5.56 Å². The zero-order valence-corrected chi connectivity index (χ0v) is 15.5. The van der Waals surface area contributed by atoms with Crippen LogP contribution in [-0.4, -0.2) is 36.9 Å². The van der Waals surface area contributed by atoms with Crippen LogP contribution < -0.4 is 0 Å². The molecule has 0 atom stereocenters. The van der Waals surface area contributed by atoms with E-state index in [0.29, 0.717) is 12.2 Å². The summed E-state index contributed by atoms with van der Waals surface area (Å²) in [5.74, 6) is -0.795. The largest absolute Gasteiger partial charge is 0.462 e. The molecule has 0 aliphatic carbocycles. The Hall–Kier alpha value is -2.40. The highest BCUT2D eigenvalue weighted by molar-refractivity contribution is 5.86. The van der Waals surface area contributed by atoms with E-state index in [4.69, 9.17) is 9.84 Å². The smallest absolute Gasteiger partial charge is 0.333 e. The van der Waals surface area contributed by atoms with Crippen molar-refractivity contribution in [2.24, 2.45) is 0 Å². The maximum Gasteiger partial charge on any atom is 0.333 e. The molecular formula is C20H30O5. The lowest BCUT2D eigenvalue weighted by molar-refractivity contribution is -0.139. The first-order valence-corrected chi connectivity index (χ1v) is 8.19. The topological polar surface area (TPSA) is 72.8 Å². The van der Waals surface area contributed by atoms with E-state index in [2.05, 4.69) is 49.1 Å². The fraction of sp³-hybridized carbons (Fsp3) is 0.400. The average Bonchev–Trinajstić information content (AvgIpc) is 2.65. The Morgan fingerprint density at radius 3 is 2.08 bits per heavy atom. The van der Waals surface area contributed by atoms with E-state index in [1.807, 2.05) is 13.0 Å². The highest BCUT2D eigenvalue weighted by Gasteiger charge is 1.99. The molecule has 5 nitrogen and oxygen atoms in total. The molecule has 0 fully saturated rings. The second-order valence-corrected chi connectivity index (χ2v) is 4.85. The molecule has 1 aromatic rings. The predicted octanol–water partition coefficient (Wildman–Crippen LogP) is 3.47. The van der Waals surface area contributed by atoms with Crippen molar-refractivity contribution in [3.05, 3.63) is 60.7 Å². The van der Waals surface area contributed by atoms with Gasteiger partial charge in [-0.2, -0.15) is 0 Å². The molecule has 0 aliphatic rings. The molecule has 0 aliphatic heterocycles. The van der Waals surface area contributed by atoms with Crippen molar-refractivity contribution in [2.75, 3.05) is 19.8 Å². The second-order valence-electron chi connectivity index (χ2n) is 4.85. The third-order valence-corrected chi connectivity index (χ3v) is 2.54. The van der Waals surface area contributed by atoms with E-state index in [9.17, 15) is 9.59 Å². The molecule has 140 valence electrons. The SMILES string of the molecule is C=C(C)C(=O)OCCC.C=CC(=O)OCCO.CCc1ccccc1. The molecule has 1 N–H and O–H groups in total. The van der Waals surface area contributed by atoms with Crippen LogP contribution >= 0.6 is 0 Å². The molecule has 0 heterocycles. The Morgan fingerprint density at radius 2 is 1.72 bits per heavy atom. The summed E-state index contributed by atoms with van der Waals surface area (Å²) in [5, 5.41) is 8.10. The molecule has 0 bridgehead atoms. The maximum absolute atomic E-state index is 10.6. The number of aryl methyl sites for hydroxylation is 1. The third kappa shape index (κ3) is 17.8. The molecule has 5 heteroatoms. The van der Waals surface area contributed by atoms with Crippen LogP contribution in [0.25, 0.3) is 0 Å². The molecule has 1 rings (SSSR count). The number of carbonyl (C=O) groups is 2. The van der Waals surface area contributed by atoms with Crippen molar-refractivity contribution < 1.29 is 24.2 Å². The number of benzene rings is 1. The van der Waals surface area contributed by atoms with Gasteiger partial charge in [0.2, 0.25) is 0 Å². The van der Waals surface area contributed by atoms with Gasteiger partial charge < -0.3 is 14.6 Å². The molecule has 0 aromatic heterocycles. The normalized spacial score (nSPS) is 8.64. The molecule has 0 unspecified atom stereocenters. The van der Waals surface area contributed by atoms with Crippen LogP contribution in [0.2, 0.25) is 0 Å². The lowest BCUT2D eigenvalue weighted by Gasteiger charge is -1.99. The van der Waals surface area contributed by atoms with E-state index in [1.54, 1.807) is 6.92 Å². The van der Waals surface area contributed by atoms with Crippen molar-refractivity contribution in [3.63, 3.8) is 0 Å². The number of ether oxygens (including phenoxy) is 2. The zero-order valence-electron chi connectivity index (χ0n) is 15.5. The van der Waals surface area contributed by atoms with Gasteiger partial charge in [0.1, 0.15) is 6.61 Å². The van der Waals surface area contributed by atoms with Gasteiger partial charge in [-0.3, -0.25) is 0 Å². The fourth-order valence-corrected chi connectivity index (χ4v) is 1.24. The van der Waals surface area contributed by atoms with Gasteiger partial charge in [0.15, 0.2) is 0 Å². The monoisotopic (exact) mass is 350 g/mol. The Bertz CT molecular complexity index is 494. The van der Waals surface area contributed by atoms with E-state index >= 15 is 0 Å². The van der Waals surface area contributed by atoms with Gasteiger partial charge in [-0.1, -0.05) is 57.3 Å². The molecule has 0 saturated heterocycles. The fourth-order valence-electron chi connectivity index (χ4n) is 1.24. The Morgan fingerprint density at radius 1 is 1.12 bits per heavy atom. The quantitative estimate of drug-likeness (QED) is 0.602. The minimum atomic E-state index is -0.501. The Balaban J connectivity index is 0. The Kier molecular flexibility index (Phi) is 17.8. The summed E-state index contributed by atoms with van der Waals surface area (Å²) in [7, 11) is 0. The highest BCUT2D eigenvalue weighted by Crippen LogP contribution is 1.96. The first-order chi connectivity index (χ1) is 11.9. The zero-order chi connectivity index (χ0) is 19.5. The van der Waals surface area contributed by atoms with Gasteiger partial charge in [-0.15, -0.1) is 0 Å². The summed E-state index contributed by atoms with van der Waals surface area (Å²) in [6, 6.07) is 10.5. The van der Waals surface area contributed by atoms with E-state index in [0.717, 1.165) is 18.9 Å². The molecule has 0 amide bonds. The summed E-state index contributed by atoms with van der Waals surface area (Å²) in [5.41, 5.74) is 1.87. The molecule has 0 saturated carbocycles. The summed E-state index contributed by atoms with van der Waals surface area (Å²) < 4.78 is 9.05. The molecule has 25 heavy (non-hydrogen) atoms. The van der Waals surface area contributed by atoms with Gasteiger partial charge in [0.25, 0.3) is 0 Å². The van der Waals surface area contributed by atoms with Gasteiger partial charge in [0, 0.05) is 11.6 Å². The maximum atomic E-state index is 10.6. The average molecular weight is 350 g/mol. The number of esters is 2. The van der Waals surface area contributed by atoms with Crippen LogP contribution in [0.5, 0.6) is 0 Å². The summed E-state index contributed by atoms with van der Waals surface area (Å²) >= 11 is 0. The van der Waals surface area contributed by atoms with Crippen molar-refractivity contribution in [2.45, 2.75) is 33.6 Å². The number of carbonyl (C=O) groups excluding carboxylic acids is 2. The lowest BCUT2D eigenvalue weighted by atomic mass is 10.2. The van der Waals surface area contributed by atoms with Gasteiger partial charge in [-0.05, 0) is 25.3 Å². The number of aliphatic hydroxyl groups is 1. The molecule has 0 spiro atoms. The van der Waals surface area contributed by atoms with Crippen molar-refractivity contribution in [1.29, 1.82) is 0 Å². The van der Waals surface area contributed by atoms with E-state index in [-0.39, 0.29) is 19.2 Å². The van der Waals surface area contributed by atoms with Crippen LogP contribution in [0.3, 0.4) is 0 Å². The summed E-state index contributed by atoms with van der Waals surface area (Å²) in [4.78, 5) is 20.7. The summed E-state index contributed by atoms with van der Waals surface area (Å²) in [6.07, 6.45) is 3.05. The van der Waals surface area contributed by atoms with Gasteiger partial charge in [0.05, 0.1) is 13.2 Å². The third-order valence-electron chi connectivity index (χ3n) is 2.54. The van der Waals surface area contributed by atoms with Gasteiger partial charge >= 0.3 is 11.9 Å². The van der Waals surface area contributed by atoms with Crippen LogP contribution in [-0.2, 0) is 25.5 Å². The minimum absolute atomic E-state index is 0.0465. The van der Waals surface area contributed by atoms with Crippen LogP contribution in [0.4, 0.5) is 0 Å². The number of rotatable bonds is 7. The molecule has 1 aromatic carbocycles. The predicted molar refractivity (Wildman–Crippen MR) is 100 cm³/mol.